The maximum Gasteiger partial charge on any atom is 0.276 e. The van der Waals surface area contributed by atoms with Gasteiger partial charge in [0.05, 0.1) is 10.5 Å². The van der Waals surface area contributed by atoms with E-state index in [-0.39, 0.29) is 10.6 Å². The van der Waals surface area contributed by atoms with Crippen LogP contribution in [0.25, 0.3) is 0 Å². The van der Waals surface area contributed by atoms with Gasteiger partial charge in [0, 0.05) is 6.07 Å². The summed E-state index contributed by atoms with van der Waals surface area (Å²) in [5, 5.41) is 15.2. The summed E-state index contributed by atoms with van der Waals surface area (Å²) in [6.45, 7) is -2.27. The van der Waals surface area contributed by atoms with E-state index in [1.807, 2.05) is 66.7 Å². The Morgan fingerprint density at radius 3 is 1.38 bits per heavy atom. The topological polar surface area (TPSA) is 43.1 Å². The van der Waals surface area contributed by atoms with Crippen molar-refractivity contribution in [3.63, 3.8) is 0 Å². The summed E-state index contributed by atoms with van der Waals surface area (Å²) in [5.41, 5.74) is 0.766. The molecule has 0 atom stereocenters. The molecular formula is C25H20NO2P. The third-order valence-electron chi connectivity index (χ3n) is 4.96. The van der Waals surface area contributed by atoms with Gasteiger partial charge in [-0.3, -0.25) is 10.1 Å². The Hall–Kier alpha value is -3.42. The van der Waals surface area contributed by atoms with E-state index in [9.17, 15) is 10.1 Å². The Labute approximate surface area is 170 Å². The number of rotatable bonds is 5. The summed E-state index contributed by atoms with van der Waals surface area (Å²) < 4.78 is 0. The first-order valence-electron chi connectivity index (χ1n) is 9.37. The lowest BCUT2D eigenvalue weighted by atomic mass is 10.2. The van der Waals surface area contributed by atoms with Gasteiger partial charge >= 0.3 is 0 Å². The smallest absolute Gasteiger partial charge is 0.258 e. The Morgan fingerprint density at radius 1 is 0.586 bits per heavy atom. The minimum absolute atomic E-state index is 0.125. The van der Waals surface area contributed by atoms with E-state index >= 15 is 0 Å². The molecule has 29 heavy (non-hydrogen) atoms. The van der Waals surface area contributed by atoms with Crippen LogP contribution in [0.4, 0.5) is 5.69 Å². The highest BCUT2D eigenvalue weighted by atomic mass is 31.2. The zero-order chi connectivity index (χ0) is 20.1. The predicted octanol–water partition coefficient (Wildman–Crippen LogP) is 4.74. The second kappa shape index (κ2) is 8.30. The normalized spacial score (nSPS) is 11.0. The van der Waals surface area contributed by atoms with Gasteiger partial charge in [-0.05, 0) is 34.7 Å². The van der Waals surface area contributed by atoms with E-state index in [0.29, 0.717) is 5.56 Å². The van der Waals surface area contributed by atoms with Gasteiger partial charge < -0.3 is 0 Å². The summed E-state index contributed by atoms with van der Waals surface area (Å²) in [5.74, 6) is 2.13. The first-order chi connectivity index (χ1) is 14.2. The molecule has 4 rings (SSSR count). The van der Waals surface area contributed by atoms with E-state index < -0.39 is 6.89 Å². The highest BCUT2D eigenvalue weighted by Crippen LogP contribution is 2.45. The molecule has 0 aliphatic heterocycles. The molecule has 0 spiro atoms. The first kappa shape index (κ1) is 18.9. The number of hydrogen-bond acceptors (Lipinski definition) is 2. The Morgan fingerprint density at radius 2 is 0.966 bits per heavy atom. The average molecular weight is 397 g/mol. The Bertz CT molecular complexity index is 1070. The van der Waals surface area contributed by atoms with Crippen LogP contribution in [0.1, 0.15) is 5.56 Å². The zero-order valence-corrected chi connectivity index (χ0v) is 16.7. The molecule has 0 aliphatic rings. The lowest BCUT2D eigenvalue weighted by Gasteiger charge is -2.28. The van der Waals surface area contributed by atoms with Crippen molar-refractivity contribution < 1.29 is 4.92 Å². The second-order valence-electron chi connectivity index (χ2n) is 6.67. The number of para-hydroxylation sites is 1. The molecule has 4 heteroatoms. The summed E-state index contributed by atoms with van der Waals surface area (Å²) in [6.07, 6.45) is 0. The molecule has 142 valence electrons. The number of hydrogen-bond donors (Lipinski definition) is 0. The van der Waals surface area contributed by atoms with Crippen molar-refractivity contribution in [2.24, 2.45) is 0 Å². The summed E-state index contributed by atoms with van der Waals surface area (Å²) in [4.78, 5) is 11.4. The number of nitro benzene ring substituents is 1. The lowest BCUT2D eigenvalue weighted by molar-refractivity contribution is -0.385. The Balaban J connectivity index is 2.17. The fourth-order valence-electron chi connectivity index (χ4n) is 3.63. The van der Waals surface area contributed by atoms with Crippen molar-refractivity contribution >= 4 is 34.3 Å². The quantitative estimate of drug-likeness (QED) is 0.277. The molecule has 0 fully saturated rings. The minimum Gasteiger partial charge on any atom is -0.258 e. The molecule has 3 nitrogen and oxygen atoms in total. The molecule has 4 aromatic carbocycles. The molecule has 0 N–H and O–H groups in total. The van der Waals surface area contributed by atoms with Crippen LogP contribution in [0.15, 0.2) is 115 Å². The van der Waals surface area contributed by atoms with Crippen molar-refractivity contribution in [3.8, 4) is 0 Å². The molecule has 4 aromatic rings. The average Bonchev–Trinajstić information content (AvgIpc) is 2.79. The van der Waals surface area contributed by atoms with Gasteiger partial charge in [0.25, 0.3) is 5.69 Å². The van der Waals surface area contributed by atoms with Crippen molar-refractivity contribution in [3.05, 3.63) is 131 Å². The van der Waals surface area contributed by atoms with Crippen molar-refractivity contribution in [2.45, 2.75) is 0 Å². The third-order valence-corrected chi connectivity index (χ3v) is 8.96. The number of benzene rings is 4. The van der Waals surface area contributed by atoms with Crippen LogP contribution < -0.4 is 15.9 Å². The van der Waals surface area contributed by atoms with Crippen LogP contribution >= 0.6 is 6.89 Å². The minimum atomic E-state index is -2.27. The van der Waals surface area contributed by atoms with Crippen LogP contribution in [-0.2, 0) is 0 Å². The van der Waals surface area contributed by atoms with E-state index in [0.717, 1.165) is 15.9 Å². The van der Waals surface area contributed by atoms with Crippen molar-refractivity contribution in [1.29, 1.82) is 0 Å². The maximum atomic E-state index is 11.7. The third kappa shape index (κ3) is 3.65. The zero-order valence-electron chi connectivity index (χ0n) is 15.8. The molecule has 0 amide bonds. The van der Waals surface area contributed by atoms with Gasteiger partial charge in [-0.1, -0.05) is 103 Å². The largest absolute Gasteiger partial charge is 0.276 e. The summed E-state index contributed by atoms with van der Waals surface area (Å²) in [7, 11) is 0. The predicted molar refractivity (Wildman–Crippen MR) is 123 cm³/mol. The van der Waals surface area contributed by atoms with E-state index in [2.05, 4.69) is 42.2 Å². The van der Waals surface area contributed by atoms with Crippen LogP contribution in [0.3, 0.4) is 0 Å². The van der Waals surface area contributed by atoms with Crippen molar-refractivity contribution in [1.82, 2.24) is 0 Å². The molecule has 0 saturated carbocycles. The molecule has 0 bridgehead atoms. The molecule has 0 aromatic heterocycles. The number of nitro groups is 1. The molecule has 0 unspecified atom stereocenters. The lowest BCUT2D eigenvalue weighted by Crippen LogP contribution is -2.27. The first-order valence-corrected chi connectivity index (χ1v) is 11.2. The monoisotopic (exact) mass is 397 g/mol. The fourth-order valence-corrected chi connectivity index (χ4v) is 7.54. The standard InChI is InChI=1S/C25H20NO2P/c27-26(28)25-19-11-10-12-21(25)20-29(22-13-4-1-5-14-22,23-15-6-2-7-16-23)24-17-8-3-9-18-24/h1-20H. The molecule has 0 radical (unpaired) electrons. The highest BCUT2D eigenvalue weighted by molar-refractivity contribution is 7.94. The molecule has 0 saturated heterocycles. The summed E-state index contributed by atoms with van der Waals surface area (Å²) in [6, 6.07) is 37.9. The number of nitrogens with zero attached hydrogens (tertiary/aromatic N) is 1. The SMILES string of the molecule is O=[N+]([O-])c1ccccc1C=P(c1ccccc1)(c1ccccc1)c1ccccc1. The van der Waals surface area contributed by atoms with Gasteiger partial charge in [0.1, 0.15) is 0 Å². The van der Waals surface area contributed by atoms with Gasteiger partial charge in [-0.25, -0.2) is 0 Å². The van der Waals surface area contributed by atoms with Crippen LogP contribution in [-0.4, -0.2) is 10.7 Å². The van der Waals surface area contributed by atoms with Crippen LogP contribution in [0.5, 0.6) is 0 Å². The van der Waals surface area contributed by atoms with Gasteiger partial charge in [-0.2, -0.15) is 0 Å². The van der Waals surface area contributed by atoms with Crippen molar-refractivity contribution in [2.75, 3.05) is 0 Å². The molecule has 0 aliphatic carbocycles. The fraction of sp³-hybridized carbons (Fsp3) is 0. The van der Waals surface area contributed by atoms with E-state index in [1.165, 1.54) is 0 Å². The van der Waals surface area contributed by atoms with Gasteiger partial charge in [-0.15, -0.1) is 0 Å². The van der Waals surface area contributed by atoms with Gasteiger partial charge in [0.2, 0.25) is 0 Å². The molecular weight excluding hydrogens is 377 g/mol. The Kier molecular flexibility index (Phi) is 5.41. The van der Waals surface area contributed by atoms with Crippen LogP contribution in [0, 0.1) is 10.1 Å². The van der Waals surface area contributed by atoms with Gasteiger partial charge in [0.15, 0.2) is 0 Å². The molecule has 0 heterocycles. The summed E-state index contributed by atoms with van der Waals surface area (Å²) >= 11 is 0. The van der Waals surface area contributed by atoms with E-state index in [4.69, 9.17) is 0 Å². The second-order valence-corrected chi connectivity index (χ2v) is 9.93. The van der Waals surface area contributed by atoms with Crippen LogP contribution in [0.2, 0.25) is 0 Å². The maximum absolute atomic E-state index is 11.7. The highest BCUT2D eigenvalue weighted by Gasteiger charge is 2.26. The van der Waals surface area contributed by atoms with E-state index in [1.54, 1.807) is 12.1 Å².